The highest BCUT2D eigenvalue weighted by molar-refractivity contribution is 5.97. The van der Waals surface area contributed by atoms with E-state index in [0.717, 1.165) is 11.1 Å². The lowest BCUT2D eigenvalue weighted by Gasteiger charge is -2.25. The number of nitrogens with zero attached hydrogens (tertiary/aromatic N) is 1. The first kappa shape index (κ1) is 21.4. The summed E-state index contributed by atoms with van der Waals surface area (Å²) in [6, 6.07) is 23.7. The fraction of sp³-hybridized carbons (Fsp3) is 0.231. The zero-order chi connectivity index (χ0) is 22.5. The summed E-state index contributed by atoms with van der Waals surface area (Å²) in [5.41, 5.74) is 2.50. The van der Waals surface area contributed by atoms with Crippen LogP contribution in [0.1, 0.15) is 23.6 Å². The Kier molecular flexibility index (Phi) is 6.40. The Balaban J connectivity index is 1.64. The van der Waals surface area contributed by atoms with Gasteiger partial charge in [0.15, 0.2) is 11.9 Å². The molecule has 0 spiro atoms. The Morgan fingerprint density at radius 3 is 2.06 bits per heavy atom. The molecule has 164 valence electrons. The maximum atomic E-state index is 13.2. The average molecular weight is 431 g/mol. The van der Waals surface area contributed by atoms with Crippen LogP contribution in [0.5, 0.6) is 11.5 Å². The summed E-state index contributed by atoms with van der Waals surface area (Å²) in [7, 11) is 3.18. The Morgan fingerprint density at radius 1 is 0.875 bits per heavy atom. The summed E-state index contributed by atoms with van der Waals surface area (Å²) in [6.45, 7) is 0. The van der Waals surface area contributed by atoms with E-state index in [1.54, 1.807) is 38.5 Å². The highest BCUT2D eigenvalue weighted by Crippen LogP contribution is 2.39. The number of hydrogen-bond donors (Lipinski definition) is 0. The van der Waals surface area contributed by atoms with Crippen molar-refractivity contribution in [3.05, 3.63) is 90.0 Å². The predicted octanol–water partition coefficient (Wildman–Crippen LogP) is 4.97. The summed E-state index contributed by atoms with van der Waals surface area (Å²) >= 11 is 0. The van der Waals surface area contributed by atoms with Crippen LogP contribution < -0.4 is 14.4 Å². The van der Waals surface area contributed by atoms with Gasteiger partial charge in [-0.1, -0.05) is 42.5 Å². The normalized spacial score (nSPS) is 17.7. The number of carbonyl (C=O) groups is 2. The van der Waals surface area contributed by atoms with Crippen molar-refractivity contribution in [2.45, 2.75) is 25.0 Å². The van der Waals surface area contributed by atoms with Gasteiger partial charge in [0.25, 0.3) is 0 Å². The summed E-state index contributed by atoms with van der Waals surface area (Å²) in [6.07, 6.45) is -0.577. The van der Waals surface area contributed by atoms with Crippen molar-refractivity contribution in [3.8, 4) is 11.5 Å². The number of methoxy groups -OCH3 is 2. The zero-order valence-corrected chi connectivity index (χ0v) is 18.1. The molecule has 0 radical (unpaired) electrons. The highest BCUT2D eigenvalue weighted by atomic mass is 16.6. The molecular weight excluding hydrogens is 406 g/mol. The van der Waals surface area contributed by atoms with Gasteiger partial charge in [-0.25, -0.2) is 4.79 Å². The van der Waals surface area contributed by atoms with Crippen LogP contribution >= 0.6 is 0 Å². The van der Waals surface area contributed by atoms with Crippen LogP contribution in [0, 0.1) is 0 Å². The van der Waals surface area contributed by atoms with Crippen molar-refractivity contribution in [1.82, 2.24) is 0 Å². The molecule has 2 atom stereocenters. The minimum atomic E-state index is -0.901. The summed E-state index contributed by atoms with van der Waals surface area (Å²) in [5, 5.41) is 0. The quantitative estimate of drug-likeness (QED) is 0.504. The smallest absolute Gasteiger partial charge is 0.415 e. The molecule has 3 aromatic carbocycles. The van der Waals surface area contributed by atoms with Crippen LogP contribution in [-0.4, -0.2) is 32.2 Å². The Bertz CT molecular complexity index is 1060. The van der Waals surface area contributed by atoms with Gasteiger partial charge < -0.3 is 14.2 Å². The fourth-order valence-corrected chi connectivity index (χ4v) is 3.91. The first-order chi connectivity index (χ1) is 15.6. The SMILES string of the molecule is COc1ccc([C@@H]2[C@@H](C(=O)CCc3ccccc3)OC(=O)N2c2ccc(OC)cc2)cc1. The highest BCUT2D eigenvalue weighted by Gasteiger charge is 2.46. The summed E-state index contributed by atoms with van der Waals surface area (Å²) in [4.78, 5) is 27.7. The number of ketones is 1. The topological polar surface area (TPSA) is 65.1 Å². The first-order valence-corrected chi connectivity index (χ1v) is 10.4. The first-order valence-electron chi connectivity index (χ1n) is 10.4. The lowest BCUT2D eigenvalue weighted by atomic mass is 9.94. The second-order valence-corrected chi connectivity index (χ2v) is 7.54. The molecule has 0 N–H and O–H groups in total. The molecule has 1 amide bonds. The van der Waals surface area contributed by atoms with E-state index in [-0.39, 0.29) is 12.2 Å². The van der Waals surface area contributed by atoms with E-state index in [1.807, 2.05) is 54.6 Å². The van der Waals surface area contributed by atoms with E-state index < -0.39 is 18.2 Å². The molecule has 1 aliphatic heterocycles. The van der Waals surface area contributed by atoms with Gasteiger partial charge in [-0.05, 0) is 53.9 Å². The standard InChI is InChI=1S/C26H25NO5/c1-30-21-13-9-19(10-14-21)24-25(23(28)17-8-18-6-4-3-5-7-18)32-26(29)27(24)20-11-15-22(31-2)16-12-20/h3-7,9-16,24-25H,8,17H2,1-2H3/t24-,25-/m1/s1. The molecule has 1 fully saturated rings. The van der Waals surface area contributed by atoms with E-state index in [1.165, 1.54) is 4.90 Å². The number of amides is 1. The monoisotopic (exact) mass is 431 g/mol. The second kappa shape index (κ2) is 9.56. The second-order valence-electron chi connectivity index (χ2n) is 7.54. The van der Waals surface area contributed by atoms with Crippen molar-refractivity contribution in [2.75, 3.05) is 19.1 Å². The van der Waals surface area contributed by atoms with Gasteiger partial charge in [-0.15, -0.1) is 0 Å². The number of hydrogen-bond acceptors (Lipinski definition) is 5. The molecule has 6 nitrogen and oxygen atoms in total. The molecule has 0 saturated carbocycles. The number of aryl methyl sites for hydroxylation is 1. The lowest BCUT2D eigenvalue weighted by Crippen LogP contribution is -2.33. The van der Waals surface area contributed by atoms with Crippen LogP contribution in [0.15, 0.2) is 78.9 Å². The third-order valence-corrected chi connectivity index (χ3v) is 5.62. The molecule has 0 aromatic heterocycles. The van der Waals surface area contributed by atoms with Gasteiger partial charge in [0.05, 0.1) is 14.2 Å². The van der Waals surface area contributed by atoms with Crippen molar-refractivity contribution >= 4 is 17.6 Å². The Hall–Kier alpha value is -3.80. The molecular formula is C26H25NO5. The van der Waals surface area contributed by atoms with Crippen LogP contribution in [0.2, 0.25) is 0 Å². The van der Waals surface area contributed by atoms with Crippen LogP contribution in [0.25, 0.3) is 0 Å². The molecule has 0 aliphatic carbocycles. The van der Waals surface area contributed by atoms with Crippen LogP contribution in [0.4, 0.5) is 10.5 Å². The number of carbonyl (C=O) groups excluding carboxylic acids is 2. The Labute approximate surface area is 187 Å². The molecule has 1 aliphatic rings. The number of rotatable bonds is 8. The van der Waals surface area contributed by atoms with Gasteiger partial charge in [0, 0.05) is 12.1 Å². The number of anilines is 1. The predicted molar refractivity (Wildman–Crippen MR) is 121 cm³/mol. The third kappa shape index (κ3) is 4.44. The molecule has 1 saturated heterocycles. The molecule has 32 heavy (non-hydrogen) atoms. The van der Waals surface area contributed by atoms with E-state index in [9.17, 15) is 9.59 Å². The minimum Gasteiger partial charge on any atom is -0.497 e. The Morgan fingerprint density at radius 2 is 1.47 bits per heavy atom. The maximum absolute atomic E-state index is 13.2. The van der Waals surface area contributed by atoms with Gasteiger partial charge in [-0.3, -0.25) is 9.69 Å². The van der Waals surface area contributed by atoms with E-state index >= 15 is 0 Å². The number of ether oxygens (including phenoxy) is 3. The molecule has 0 unspecified atom stereocenters. The summed E-state index contributed by atoms with van der Waals surface area (Å²) in [5.74, 6) is 1.26. The van der Waals surface area contributed by atoms with Gasteiger partial charge >= 0.3 is 6.09 Å². The van der Waals surface area contributed by atoms with E-state index in [2.05, 4.69) is 0 Å². The van der Waals surface area contributed by atoms with Crippen molar-refractivity contribution in [1.29, 1.82) is 0 Å². The number of cyclic esters (lactones) is 1. The van der Waals surface area contributed by atoms with Gasteiger partial charge in [0.2, 0.25) is 0 Å². The average Bonchev–Trinajstić information content (AvgIpc) is 3.20. The minimum absolute atomic E-state index is 0.112. The molecule has 0 bridgehead atoms. The van der Waals surface area contributed by atoms with Crippen LogP contribution in [-0.2, 0) is 16.0 Å². The number of benzene rings is 3. The fourth-order valence-electron chi connectivity index (χ4n) is 3.91. The molecule has 4 rings (SSSR count). The zero-order valence-electron chi connectivity index (χ0n) is 18.1. The van der Waals surface area contributed by atoms with E-state index in [0.29, 0.717) is 23.6 Å². The van der Waals surface area contributed by atoms with Gasteiger partial charge in [-0.2, -0.15) is 0 Å². The largest absolute Gasteiger partial charge is 0.497 e. The van der Waals surface area contributed by atoms with Crippen molar-refractivity contribution in [2.24, 2.45) is 0 Å². The third-order valence-electron chi connectivity index (χ3n) is 5.62. The maximum Gasteiger partial charge on any atom is 0.415 e. The van der Waals surface area contributed by atoms with Crippen molar-refractivity contribution < 1.29 is 23.8 Å². The molecule has 1 heterocycles. The lowest BCUT2D eigenvalue weighted by molar-refractivity contribution is -0.126. The van der Waals surface area contributed by atoms with Gasteiger partial charge in [0.1, 0.15) is 17.5 Å². The van der Waals surface area contributed by atoms with Crippen molar-refractivity contribution in [3.63, 3.8) is 0 Å². The van der Waals surface area contributed by atoms with Crippen LogP contribution in [0.3, 0.4) is 0 Å². The molecule has 6 heteroatoms. The summed E-state index contributed by atoms with van der Waals surface area (Å²) < 4.78 is 16.1. The van der Waals surface area contributed by atoms with E-state index in [4.69, 9.17) is 14.2 Å². The molecule has 3 aromatic rings. The number of Topliss-reactive ketones (excluding diaryl/α,β-unsaturated/α-hetero) is 1.